The van der Waals surface area contributed by atoms with Crippen molar-refractivity contribution < 1.29 is 29.0 Å². The summed E-state index contributed by atoms with van der Waals surface area (Å²) >= 11 is 0.587. The number of ether oxygens (including phenoxy) is 2. The van der Waals surface area contributed by atoms with Gasteiger partial charge in [0.05, 0.1) is 18.1 Å². The lowest BCUT2D eigenvalue weighted by atomic mass is 10.2. The van der Waals surface area contributed by atoms with Gasteiger partial charge in [0, 0.05) is 6.08 Å². The lowest BCUT2D eigenvalue weighted by Crippen LogP contribution is -2.12. The van der Waals surface area contributed by atoms with Crippen LogP contribution >= 0.6 is 11.8 Å². The molecule has 0 amide bonds. The first kappa shape index (κ1) is 14.3. The van der Waals surface area contributed by atoms with E-state index in [-0.39, 0.29) is 18.1 Å². The van der Waals surface area contributed by atoms with Crippen LogP contribution in [-0.2, 0) is 23.9 Å². The van der Waals surface area contributed by atoms with E-state index in [2.05, 4.69) is 9.47 Å². The first-order valence-electron chi connectivity index (χ1n) is 5.22. The number of carbonyl (C=O) groups is 3. The predicted octanol–water partition coefficient (Wildman–Crippen LogP) is 1.08. The summed E-state index contributed by atoms with van der Waals surface area (Å²) < 4.78 is 9.27. The van der Waals surface area contributed by atoms with Crippen molar-refractivity contribution in [3.63, 3.8) is 0 Å². The zero-order valence-electron chi connectivity index (χ0n) is 9.89. The molecular weight excluding hydrogens is 260 g/mol. The molecule has 0 unspecified atom stereocenters. The minimum atomic E-state index is -0.903. The molecule has 7 heteroatoms. The van der Waals surface area contributed by atoms with Gasteiger partial charge in [-0.3, -0.25) is 4.79 Å². The summed E-state index contributed by atoms with van der Waals surface area (Å²) in [6, 6.07) is 0. The fourth-order valence-electron chi connectivity index (χ4n) is 1.19. The molecule has 18 heavy (non-hydrogen) atoms. The first-order valence-corrected chi connectivity index (χ1v) is 6.04. The Morgan fingerprint density at radius 1 is 1.28 bits per heavy atom. The van der Waals surface area contributed by atoms with Crippen molar-refractivity contribution >= 4 is 28.8 Å². The average molecular weight is 272 g/mol. The topological polar surface area (TPSA) is 89.9 Å². The van der Waals surface area contributed by atoms with Gasteiger partial charge in [0.1, 0.15) is 5.76 Å². The normalized spacial score (nSPS) is 17.2. The van der Waals surface area contributed by atoms with Crippen molar-refractivity contribution in [2.75, 3.05) is 13.2 Å². The quantitative estimate of drug-likeness (QED) is 0.465. The van der Waals surface area contributed by atoms with E-state index in [1.165, 1.54) is 0 Å². The van der Waals surface area contributed by atoms with Gasteiger partial charge >= 0.3 is 11.9 Å². The van der Waals surface area contributed by atoms with Crippen LogP contribution in [0.25, 0.3) is 0 Å². The summed E-state index contributed by atoms with van der Waals surface area (Å²) in [7, 11) is 0. The minimum Gasteiger partial charge on any atom is -0.506 e. The molecule has 0 aliphatic carbocycles. The highest BCUT2D eigenvalue weighted by Gasteiger charge is 2.35. The summed E-state index contributed by atoms with van der Waals surface area (Å²) in [5.41, 5.74) is -0.447. The summed E-state index contributed by atoms with van der Waals surface area (Å²) in [6.07, 6.45) is 0.966. The van der Waals surface area contributed by atoms with Gasteiger partial charge in [-0.1, -0.05) is 0 Å². The van der Waals surface area contributed by atoms with Crippen molar-refractivity contribution in [1.29, 1.82) is 0 Å². The maximum Gasteiger partial charge on any atom is 0.346 e. The van der Waals surface area contributed by atoms with Gasteiger partial charge in [-0.15, -0.1) is 0 Å². The van der Waals surface area contributed by atoms with Gasteiger partial charge < -0.3 is 14.6 Å². The van der Waals surface area contributed by atoms with Crippen molar-refractivity contribution in [2.24, 2.45) is 0 Å². The standard InChI is InChI=1S/C11H12O6S/c1-3-16-7(12)5-6-9(13)8(11(15)18-6)10(14)17-4-2/h5,13H,3-4H2,1-2H3/b6-5-. The first-order chi connectivity index (χ1) is 8.51. The molecule has 0 atom stereocenters. The molecule has 0 radical (unpaired) electrons. The molecule has 0 aromatic rings. The van der Waals surface area contributed by atoms with E-state index in [1.807, 2.05) is 0 Å². The van der Waals surface area contributed by atoms with Crippen LogP contribution in [0.15, 0.2) is 22.3 Å². The second-order valence-electron chi connectivity index (χ2n) is 3.09. The molecule has 0 aromatic carbocycles. The van der Waals surface area contributed by atoms with E-state index in [0.29, 0.717) is 11.8 Å². The zero-order valence-corrected chi connectivity index (χ0v) is 10.7. The molecule has 98 valence electrons. The summed E-state index contributed by atoms with van der Waals surface area (Å²) in [5, 5.41) is 9.04. The second kappa shape index (κ2) is 6.25. The lowest BCUT2D eigenvalue weighted by Gasteiger charge is -2.00. The molecule has 1 aliphatic rings. The monoisotopic (exact) mass is 272 g/mol. The van der Waals surface area contributed by atoms with Crippen molar-refractivity contribution in [1.82, 2.24) is 0 Å². The predicted molar refractivity (Wildman–Crippen MR) is 63.6 cm³/mol. The van der Waals surface area contributed by atoms with E-state index in [9.17, 15) is 19.5 Å². The maximum absolute atomic E-state index is 11.5. The Morgan fingerprint density at radius 2 is 1.89 bits per heavy atom. The number of thioether (sulfide) groups is 1. The van der Waals surface area contributed by atoms with Gasteiger partial charge in [-0.05, 0) is 25.6 Å². The number of esters is 2. The van der Waals surface area contributed by atoms with Crippen LogP contribution in [0, 0.1) is 0 Å². The van der Waals surface area contributed by atoms with Gasteiger partial charge in [-0.25, -0.2) is 9.59 Å². The van der Waals surface area contributed by atoms with Crippen LogP contribution in [0.5, 0.6) is 0 Å². The number of hydrogen-bond acceptors (Lipinski definition) is 7. The highest BCUT2D eigenvalue weighted by Crippen LogP contribution is 2.36. The van der Waals surface area contributed by atoms with Crippen molar-refractivity contribution in [3.8, 4) is 0 Å². The third kappa shape index (κ3) is 3.13. The van der Waals surface area contributed by atoms with Gasteiger partial charge in [0.15, 0.2) is 5.57 Å². The molecule has 0 saturated heterocycles. The summed E-state index contributed by atoms with van der Waals surface area (Å²) in [6.45, 7) is 3.47. The number of aliphatic hydroxyl groups is 1. The van der Waals surface area contributed by atoms with Gasteiger partial charge in [0.2, 0.25) is 5.12 Å². The number of rotatable bonds is 4. The van der Waals surface area contributed by atoms with Crippen LogP contribution < -0.4 is 0 Å². The molecule has 0 fully saturated rings. The molecular formula is C11H12O6S. The Hall–Kier alpha value is -1.76. The van der Waals surface area contributed by atoms with E-state index in [1.54, 1.807) is 13.8 Å². The van der Waals surface area contributed by atoms with E-state index in [0.717, 1.165) is 6.08 Å². The Morgan fingerprint density at radius 3 is 2.44 bits per heavy atom. The second-order valence-corrected chi connectivity index (χ2v) is 4.11. The Balaban J connectivity index is 2.97. The molecule has 1 aliphatic heterocycles. The lowest BCUT2D eigenvalue weighted by molar-refractivity contribution is -0.140. The van der Waals surface area contributed by atoms with Crippen LogP contribution in [-0.4, -0.2) is 35.4 Å². The maximum atomic E-state index is 11.5. The number of hydrogen-bond donors (Lipinski definition) is 1. The summed E-state index contributed by atoms with van der Waals surface area (Å²) in [4.78, 5) is 34.1. The molecule has 1 heterocycles. The molecule has 0 bridgehead atoms. The molecule has 0 spiro atoms. The van der Waals surface area contributed by atoms with Crippen molar-refractivity contribution in [3.05, 3.63) is 22.3 Å². The van der Waals surface area contributed by atoms with Crippen LogP contribution in [0.1, 0.15) is 13.8 Å². The third-order valence-electron chi connectivity index (χ3n) is 1.89. The molecule has 0 aromatic heterocycles. The van der Waals surface area contributed by atoms with Gasteiger partial charge in [0.25, 0.3) is 0 Å². The van der Waals surface area contributed by atoms with Crippen LogP contribution in [0.2, 0.25) is 0 Å². The Bertz CT molecular complexity index is 448. The smallest absolute Gasteiger partial charge is 0.346 e. The Kier molecular flexibility index (Phi) is 4.96. The largest absolute Gasteiger partial charge is 0.506 e. The van der Waals surface area contributed by atoms with E-state index in [4.69, 9.17) is 0 Å². The fraction of sp³-hybridized carbons (Fsp3) is 0.364. The van der Waals surface area contributed by atoms with Crippen molar-refractivity contribution in [2.45, 2.75) is 13.8 Å². The third-order valence-corrected chi connectivity index (χ3v) is 2.81. The molecule has 0 saturated carbocycles. The average Bonchev–Trinajstić information content (AvgIpc) is 2.54. The molecule has 1 N–H and O–H groups in total. The summed E-state index contributed by atoms with van der Waals surface area (Å²) in [5.74, 6) is -2.14. The minimum absolute atomic E-state index is 0.0125. The molecule has 1 rings (SSSR count). The SMILES string of the molecule is CCOC(=O)/C=C1\SC(=O)C(C(=O)OCC)=C1O. The molecule has 6 nitrogen and oxygen atoms in total. The fourth-order valence-corrected chi connectivity index (χ4v) is 2.03. The van der Waals surface area contributed by atoms with E-state index < -0.39 is 28.4 Å². The van der Waals surface area contributed by atoms with Crippen LogP contribution in [0.4, 0.5) is 0 Å². The number of carbonyl (C=O) groups excluding carboxylic acids is 3. The number of aliphatic hydroxyl groups excluding tert-OH is 1. The highest BCUT2D eigenvalue weighted by molar-refractivity contribution is 8.18. The van der Waals surface area contributed by atoms with E-state index >= 15 is 0 Å². The zero-order chi connectivity index (χ0) is 13.7. The highest BCUT2D eigenvalue weighted by atomic mass is 32.2. The Labute approximate surface area is 108 Å². The van der Waals surface area contributed by atoms with Gasteiger partial charge in [-0.2, -0.15) is 0 Å². The van der Waals surface area contributed by atoms with Crippen LogP contribution in [0.3, 0.4) is 0 Å².